The predicted octanol–water partition coefficient (Wildman–Crippen LogP) is 2.68. The highest BCUT2D eigenvalue weighted by Gasteiger charge is 2.31. The van der Waals surface area contributed by atoms with Gasteiger partial charge in [0, 0.05) is 17.5 Å². The molecule has 1 N–H and O–H groups in total. The number of fused-ring (bicyclic) bond motifs is 1. The van der Waals surface area contributed by atoms with Gasteiger partial charge >= 0.3 is 0 Å². The summed E-state index contributed by atoms with van der Waals surface area (Å²) in [7, 11) is 0. The molecule has 2 aliphatic rings. The first kappa shape index (κ1) is 12.2. The summed E-state index contributed by atoms with van der Waals surface area (Å²) in [5.74, 6) is 2.61. The lowest BCUT2D eigenvalue weighted by molar-refractivity contribution is 0.171. The van der Waals surface area contributed by atoms with Gasteiger partial charge in [0.15, 0.2) is 11.5 Å². The molecule has 3 rings (SSSR count). The van der Waals surface area contributed by atoms with Crippen LogP contribution in [0, 0.1) is 5.92 Å². The van der Waals surface area contributed by atoms with E-state index in [9.17, 15) is 0 Å². The topological polar surface area (TPSA) is 30.5 Å². The molecule has 18 heavy (non-hydrogen) atoms. The van der Waals surface area contributed by atoms with E-state index in [2.05, 4.69) is 30.6 Å². The molecule has 1 saturated carbocycles. The van der Waals surface area contributed by atoms with Gasteiger partial charge in [-0.2, -0.15) is 0 Å². The molecule has 1 aliphatic heterocycles. The minimum atomic E-state index is 0.651. The summed E-state index contributed by atoms with van der Waals surface area (Å²) >= 11 is 1.77. The Hall–Kier alpha value is -0.870. The Labute approximate surface area is 112 Å². The fourth-order valence-corrected chi connectivity index (χ4v) is 2.91. The molecule has 0 radical (unpaired) electrons. The zero-order valence-electron chi connectivity index (χ0n) is 10.9. The average Bonchev–Trinajstić information content (AvgIpc) is 3.11. The summed E-state index contributed by atoms with van der Waals surface area (Å²) in [5, 5.41) is 3.59. The van der Waals surface area contributed by atoms with Crippen LogP contribution in [0.4, 0.5) is 0 Å². The van der Waals surface area contributed by atoms with Crippen molar-refractivity contribution >= 4 is 11.8 Å². The van der Waals surface area contributed by atoms with Crippen molar-refractivity contribution in [2.75, 3.05) is 19.5 Å². The maximum absolute atomic E-state index is 5.65. The van der Waals surface area contributed by atoms with Crippen molar-refractivity contribution in [2.45, 2.75) is 30.8 Å². The lowest BCUT2D eigenvalue weighted by Crippen LogP contribution is -2.19. The fourth-order valence-electron chi connectivity index (χ4n) is 2.29. The first-order valence-corrected chi connectivity index (χ1v) is 7.70. The summed E-state index contributed by atoms with van der Waals surface area (Å²) in [4.78, 5) is 1.28. The summed E-state index contributed by atoms with van der Waals surface area (Å²) in [6.07, 6.45) is 3.41. The van der Waals surface area contributed by atoms with Crippen LogP contribution < -0.4 is 14.8 Å². The van der Waals surface area contributed by atoms with Crippen LogP contribution in [0.2, 0.25) is 0 Å². The van der Waals surface area contributed by atoms with Crippen LogP contribution in [-0.2, 0) is 6.54 Å². The Balaban J connectivity index is 1.78. The molecule has 1 aliphatic carbocycles. The predicted molar refractivity (Wildman–Crippen MR) is 73.6 cm³/mol. The monoisotopic (exact) mass is 265 g/mol. The van der Waals surface area contributed by atoms with Crippen molar-refractivity contribution in [3.05, 3.63) is 17.7 Å². The van der Waals surface area contributed by atoms with Crippen molar-refractivity contribution in [1.82, 2.24) is 5.32 Å². The fraction of sp³-hybridized carbons (Fsp3) is 0.571. The maximum atomic E-state index is 5.65. The van der Waals surface area contributed by atoms with Gasteiger partial charge in [0.05, 0.1) is 0 Å². The van der Waals surface area contributed by atoms with Crippen LogP contribution in [0.5, 0.6) is 11.5 Å². The minimum Gasteiger partial charge on any atom is -0.486 e. The van der Waals surface area contributed by atoms with Gasteiger partial charge < -0.3 is 14.8 Å². The second-order valence-electron chi connectivity index (χ2n) is 5.01. The van der Waals surface area contributed by atoms with Crippen LogP contribution >= 0.6 is 11.8 Å². The molecule has 1 fully saturated rings. The first-order chi connectivity index (χ1) is 8.78. The Morgan fingerprint density at radius 1 is 1.28 bits per heavy atom. The van der Waals surface area contributed by atoms with Gasteiger partial charge in [-0.1, -0.05) is 6.92 Å². The molecular weight excluding hydrogens is 246 g/mol. The molecule has 0 spiro atoms. The quantitative estimate of drug-likeness (QED) is 0.848. The highest BCUT2D eigenvalue weighted by atomic mass is 32.2. The number of nitrogens with one attached hydrogen (secondary N) is 1. The second kappa shape index (κ2) is 5.02. The highest BCUT2D eigenvalue weighted by molar-refractivity contribution is 7.98. The largest absolute Gasteiger partial charge is 0.486 e. The van der Waals surface area contributed by atoms with E-state index in [-0.39, 0.29) is 0 Å². The van der Waals surface area contributed by atoms with Crippen molar-refractivity contribution in [3.8, 4) is 11.5 Å². The molecule has 0 amide bonds. The van der Waals surface area contributed by atoms with Crippen molar-refractivity contribution in [3.63, 3.8) is 0 Å². The van der Waals surface area contributed by atoms with Crippen LogP contribution in [-0.4, -0.2) is 25.5 Å². The van der Waals surface area contributed by atoms with Crippen LogP contribution in [0.15, 0.2) is 17.0 Å². The lowest BCUT2D eigenvalue weighted by Gasteiger charge is -2.21. The molecule has 98 valence electrons. The van der Waals surface area contributed by atoms with Crippen molar-refractivity contribution in [2.24, 2.45) is 5.92 Å². The third-order valence-electron chi connectivity index (χ3n) is 3.61. The average molecular weight is 265 g/mol. The molecule has 0 aromatic heterocycles. The second-order valence-corrected chi connectivity index (χ2v) is 5.86. The standard InChI is InChI=1S/C14H19NO2S/c1-9-5-11(9)15-8-10-6-12-13(7-14(10)18-2)17-4-3-16-12/h6-7,9,11,15H,3-5,8H2,1-2H3. The summed E-state index contributed by atoms with van der Waals surface area (Å²) < 4.78 is 11.3. The summed E-state index contributed by atoms with van der Waals surface area (Å²) in [6.45, 7) is 4.51. The Morgan fingerprint density at radius 2 is 1.94 bits per heavy atom. The van der Waals surface area contributed by atoms with Gasteiger partial charge in [0.25, 0.3) is 0 Å². The highest BCUT2D eigenvalue weighted by Crippen LogP contribution is 2.37. The molecule has 2 atom stereocenters. The van der Waals surface area contributed by atoms with E-state index >= 15 is 0 Å². The van der Waals surface area contributed by atoms with E-state index in [1.54, 1.807) is 11.8 Å². The molecule has 0 saturated heterocycles. The van der Waals surface area contributed by atoms with Crippen molar-refractivity contribution in [1.29, 1.82) is 0 Å². The normalized spacial score (nSPS) is 25.0. The van der Waals surface area contributed by atoms with Gasteiger partial charge in [-0.3, -0.25) is 0 Å². The molecule has 3 nitrogen and oxygen atoms in total. The van der Waals surface area contributed by atoms with Gasteiger partial charge in [-0.15, -0.1) is 11.8 Å². The third-order valence-corrected chi connectivity index (χ3v) is 4.43. The van der Waals surface area contributed by atoms with Crippen LogP contribution in [0.1, 0.15) is 18.9 Å². The smallest absolute Gasteiger partial charge is 0.162 e. The van der Waals surface area contributed by atoms with Gasteiger partial charge in [-0.05, 0) is 36.3 Å². The number of rotatable bonds is 4. The van der Waals surface area contributed by atoms with Crippen LogP contribution in [0.25, 0.3) is 0 Å². The number of hydrogen-bond donors (Lipinski definition) is 1. The summed E-state index contributed by atoms with van der Waals surface area (Å²) in [5.41, 5.74) is 1.31. The molecule has 0 bridgehead atoms. The molecule has 1 heterocycles. The molecular formula is C14H19NO2S. The zero-order valence-corrected chi connectivity index (χ0v) is 11.7. The summed E-state index contributed by atoms with van der Waals surface area (Å²) in [6, 6.07) is 4.93. The lowest BCUT2D eigenvalue weighted by atomic mass is 10.2. The van der Waals surface area contributed by atoms with Gasteiger partial charge in [0.2, 0.25) is 0 Å². The van der Waals surface area contributed by atoms with Gasteiger partial charge in [-0.25, -0.2) is 0 Å². The molecule has 4 heteroatoms. The first-order valence-electron chi connectivity index (χ1n) is 6.48. The van der Waals surface area contributed by atoms with Gasteiger partial charge in [0.1, 0.15) is 13.2 Å². The number of ether oxygens (including phenoxy) is 2. The van der Waals surface area contributed by atoms with E-state index in [0.29, 0.717) is 19.3 Å². The zero-order chi connectivity index (χ0) is 12.5. The Bertz CT molecular complexity index is 450. The molecule has 1 aromatic rings. The SMILES string of the molecule is CSc1cc2c(cc1CNC1CC1C)OCCO2. The van der Waals surface area contributed by atoms with Crippen LogP contribution in [0.3, 0.4) is 0 Å². The van der Waals surface area contributed by atoms with Crippen molar-refractivity contribution < 1.29 is 9.47 Å². The van der Waals surface area contributed by atoms with E-state index in [1.807, 2.05) is 0 Å². The molecule has 1 aromatic carbocycles. The maximum Gasteiger partial charge on any atom is 0.162 e. The van der Waals surface area contributed by atoms with E-state index < -0.39 is 0 Å². The minimum absolute atomic E-state index is 0.651. The van der Waals surface area contributed by atoms with E-state index in [4.69, 9.17) is 9.47 Å². The Kier molecular flexibility index (Phi) is 3.39. The number of hydrogen-bond acceptors (Lipinski definition) is 4. The Morgan fingerprint density at radius 3 is 2.56 bits per heavy atom. The van der Waals surface area contributed by atoms with E-state index in [0.717, 1.165) is 24.0 Å². The third kappa shape index (κ3) is 2.45. The molecule has 2 unspecified atom stereocenters. The number of benzene rings is 1. The van der Waals surface area contributed by atoms with E-state index in [1.165, 1.54) is 16.9 Å². The number of thioether (sulfide) groups is 1.